The number of nitrogens with one attached hydrogen (secondary N) is 2. The van der Waals surface area contributed by atoms with Crippen molar-refractivity contribution in [3.05, 3.63) is 83.9 Å². The molecule has 3 N–H and O–H groups in total. The van der Waals surface area contributed by atoms with Crippen LogP contribution in [0, 0.1) is 0 Å². The molecule has 0 aliphatic heterocycles. The van der Waals surface area contributed by atoms with Gasteiger partial charge in [-0.3, -0.25) is 5.32 Å². The van der Waals surface area contributed by atoms with Crippen LogP contribution in [-0.4, -0.2) is 16.1 Å². The Morgan fingerprint density at radius 1 is 0.967 bits per heavy atom. The molecular weight excluding hydrogens is 374 g/mol. The van der Waals surface area contributed by atoms with Gasteiger partial charge in [0, 0.05) is 0 Å². The van der Waals surface area contributed by atoms with Crippen LogP contribution in [0.15, 0.2) is 72.8 Å². The third-order valence-electron chi connectivity index (χ3n) is 5.05. The standard InChI is InChI=1S/C25H23N3O2/c1-25(2,3)18-13-11-16(12-14-18)22-27-21-10-5-4-9-20(21)23(28-22)26-19-8-6-7-17(15-19)24(29)30/h4-15H,1-3H3,(H,29,30)(H,26,27,28)/p+1. The van der Waals surface area contributed by atoms with E-state index in [0.29, 0.717) is 5.69 Å². The Morgan fingerprint density at radius 2 is 1.70 bits per heavy atom. The smallest absolute Gasteiger partial charge is 0.335 e. The molecular formula is C25H24N3O2+. The van der Waals surface area contributed by atoms with Crippen molar-refractivity contribution < 1.29 is 14.9 Å². The molecule has 1 heterocycles. The van der Waals surface area contributed by atoms with E-state index >= 15 is 0 Å². The number of carboxylic acids is 1. The van der Waals surface area contributed by atoms with E-state index in [2.05, 4.69) is 55.3 Å². The highest BCUT2D eigenvalue weighted by Crippen LogP contribution is 2.27. The van der Waals surface area contributed by atoms with Crippen LogP contribution in [0.5, 0.6) is 0 Å². The van der Waals surface area contributed by atoms with E-state index in [4.69, 9.17) is 4.98 Å². The van der Waals surface area contributed by atoms with Gasteiger partial charge in [-0.2, -0.15) is 0 Å². The second-order valence-electron chi connectivity index (χ2n) is 8.32. The van der Waals surface area contributed by atoms with Crippen LogP contribution in [0.25, 0.3) is 22.3 Å². The van der Waals surface area contributed by atoms with Gasteiger partial charge in [0.05, 0.1) is 22.2 Å². The molecule has 5 heteroatoms. The zero-order valence-electron chi connectivity index (χ0n) is 17.2. The topological polar surface area (TPSA) is 76.4 Å². The second-order valence-corrected chi connectivity index (χ2v) is 8.32. The van der Waals surface area contributed by atoms with Gasteiger partial charge in [0.1, 0.15) is 0 Å². The molecule has 0 atom stereocenters. The Balaban J connectivity index is 1.78. The van der Waals surface area contributed by atoms with Crippen molar-refractivity contribution in [1.82, 2.24) is 4.98 Å². The molecule has 150 valence electrons. The zero-order valence-corrected chi connectivity index (χ0v) is 17.2. The summed E-state index contributed by atoms with van der Waals surface area (Å²) in [5.41, 5.74) is 4.10. The number of aromatic amines is 1. The maximum Gasteiger partial charge on any atom is 0.335 e. The first kappa shape index (κ1) is 19.6. The summed E-state index contributed by atoms with van der Waals surface area (Å²) in [6.07, 6.45) is 0. The minimum absolute atomic E-state index is 0.0843. The maximum atomic E-state index is 11.3. The Morgan fingerprint density at radius 3 is 2.40 bits per heavy atom. The third-order valence-corrected chi connectivity index (χ3v) is 5.05. The van der Waals surface area contributed by atoms with E-state index in [9.17, 15) is 9.90 Å². The van der Waals surface area contributed by atoms with Crippen LogP contribution in [0.3, 0.4) is 0 Å². The van der Waals surface area contributed by atoms with Gasteiger partial charge in [-0.25, -0.2) is 9.78 Å². The number of aromatic nitrogens is 2. The summed E-state index contributed by atoms with van der Waals surface area (Å²) in [5.74, 6) is 0.547. The van der Waals surface area contributed by atoms with E-state index < -0.39 is 5.97 Å². The molecule has 3 aromatic carbocycles. The van der Waals surface area contributed by atoms with Gasteiger partial charge in [-0.15, -0.1) is 4.98 Å². The number of rotatable bonds is 4. The van der Waals surface area contributed by atoms with Crippen molar-refractivity contribution in [2.45, 2.75) is 26.2 Å². The van der Waals surface area contributed by atoms with Crippen molar-refractivity contribution in [2.75, 3.05) is 5.32 Å². The van der Waals surface area contributed by atoms with Crippen LogP contribution >= 0.6 is 0 Å². The van der Waals surface area contributed by atoms with Gasteiger partial charge in [0.25, 0.3) is 5.82 Å². The summed E-state index contributed by atoms with van der Waals surface area (Å²) in [4.78, 5) is 19.5. The molecule has 30 heavy (non-hydrogen) atoms. The second kappa shape index (κ2) is 7.59. The molecule has 0 aliphatic rings. The molecule has 4 aromatic rings. The van der Waals surface area contributed by atoms with Gasteiger partial charge in [0.15, 0.2) is 5.52 Å². The Kier molecular flexibility index (Phi) is 4.96. The first-order valence-electron chi connectivity index (χ1n) is 9.85. The minimum Gasteiger partial charge on any atom is -0.478 e. The van der Waals surface area contributed by atoms with Gasteiger partial charge in [0.2, 0.25) is 5.82 Å². The highest BCUT2D eigenvalue weighted by molar-refractivity contribution is 5.92. The molecule has 4 rings (SSSR count). The average molecular weight is 398 g/mol. The van der Waals surface area contributed by atoms with Gasteiger partial charge in [-0.1, -0.05) is 51.1 Å². The highest BCUT2D eigenvalue weighted by Gasteiger charge is 2.18. The van der Waals surface area contributed by atoms with Gasteiger partial charge < -0.3 is 5.11 Å². The monoisotopic (exact) mass is 398 g/mol. The number of hydrogen-bond donors (Lipinski definition) is 2. The quantitative estimate of drug-likeness (QED) is 0.479. The van der Waals surface area contributed by atoms with Crippen LogP contribution in [-0.2, 0) is 5.41 Å². The number of H-pyrrole nitrogens is 1. The number of nitrogens with zero attached hydrogens (tertiary/aromatic N) is 1. The van der Waals surface area contributed by atoms with Crippen LogP contribution in [0.1, 0.15) is 36.7 Å². The number of aromatic carboxylic acids is 1. The molecule has 0 spiro atoms. The fourth-order valence-electron chi connectivity index (χ4n) is 3.35. The molecule has 5 nitrogen and oxygen atoms in total. The van der Waals surface area contributed by atoms with E-state index in [1.807, 2.05) is 30.3 Å². The van der Waals surface area contributed by atoms with E-state index in [1.165, 1.54) is 5.56 Å². The number of carboxylic acid groups (broad SMARTS) is 1. The number of benzene rings is 3. The van der Waals surface area contributed by atoms with Crippen molar-refractivity contribution in [2.24, 2.45) is 0 Å². The molecule has 1 aromatic heterocycles. The molecule has 0 amide bonds. The molecule has 0 aliphatic carbocycles. The lowest BCUT2D eigenvalue weighted by molar-refractivity contribution is -0.349. The summed E-state index contributed by atoms with van der Waals surface area (Å²) < 4.78 is 0. The van der Waals surface area contributed by atoms with Gasteiger partial charge in [-0.05, 0) is 53.4 Å². The minimum atomic E-state index is -0.957. The maximum absolute atomic E-state index is 11.3. The van der Waals surface area contributed by atoms with E-state index in [1.54, 1.807) is 18.2 Å². The SMILES string of the molecule is CC(C)(C)c1ccc(-c2nc3ccccc3c(Nc3cccc(C(=O)O)c3)[nH+]2)cc1. The van der Waals surface area contributed by atoms with Crippen LogP contribution in [0.4, 0.5) is 11.5 Å². The number of carbonyl (C=O) groups is 1. The summed E-state index contributed by atoms with van der Waals surface area (Å²) in [5, 5.41) is 13.5. The normalized spacial score (nSPS) is 11.4. The van der Waals surface area contributed by atoms with Gasteiger partial charge >= 0.3 is 5.97 Å². The molecule has 0 radical (unpaired) electrons. The van der Waals surface area contributed by atoms with Crippen LogP contribution in [0.2, 0.25) is 0 Å². The lowest BCUT2D eigenvalue weighted by atomic mass is 9.87. The van der Waals surface area contributed by atoms with E-state index in [0.717, 1.165) is 28.1 Å². The molecule has 0 bridgehead atoms. The Labute approximate surface area is 175 Å². The lowest BCUT2D eigenvalue weighted by Crippen LogP contribution is -2.16. The molecule has 0 saturated carbocycles. The number of anilines is 2. The van der Waals surface area contributed by atoms with E-state index in [-0.39, 0.29) is 11.0 Å². The predicted octanol–water partition coefficient (Wildman–Crippen LogP) is 5.46. The van der Waals surface area contributed by atoms with Crippen molar-refractivity contribution in [3.63, 3.8) is 0 Å². The first-order valence-corrected chi connectivity index (χ1v) is 9.85. The number of fused-ring (bicyclic) bond motifs is 1. The largest absolute Gasteiger partial charge is 0.478 e. The Bertz CT molecular complexity index is 1230. The number of para-hydroxylation sites is 1. The lowest BCUT2D eigenvalue weighted by Gasteiger charge is -2.18. The summed E-state index contributed by atoms with van der Waals surface area (Å²) in [7, 11) is 0. The van der Waals surface area contributed by atoms with Crippen LogP contribution < -0.4 is 10.3 Å². The first-order chi connectivity index (χ1) is 14.3. The zero-order chi connectivity index (χ0) is 21.3. The number of hydrogen-bond acceptors (Lipinski definition) is 3. The fraction of sp³-hybridized carbons (Fsp3) is 0.160. The molecule has 0 unspecified atom stereocenters. The molecule has 0 saturated heterocycles. The predicted molar refractivity (Wildman–Crippen MR) is 119 cm³/mol. The summed E-state index contributed by atoms with van der Waals surface area (Å²) in [6.45, 7) is 6.57. The highest BCUT2D eigenvalue weighted by atomic mass is 16.4. The fourth-order valence-corrected chi connectivity index (χ4v) is 3.35. The summed E-state index contributed by atoms with van der Waals surface area (Å²) in [6, 6.07) is 23.0. The Hall–Kier alpha value is -3.73. The van der Waals surface area contributed by atoms with Crippen molar-refractivity contribution >= 4 is 28.4 Å². The third kappa shape index (κ3) is 4.01. The van der Waals surface area contributed by atoms with Crippen molar-refractivity contribution in [3.8, 4) is 11.4 Å². The summed E-state index contributed by atoms with van der Waals surface area (Å²) >= 11 is 0. The average Bonchev–Trinajstić information content (AvgIpc) is 2.73. The van der Waals surface area contributed by atoms with Crippen molar-refractivity contribution in [1.29, 1.82) is 0 Å². The molecule has 0 fully saturated rings.